The van der Waals surface area contributed by atoms with Gasteiger partial charge >= 0.3 is 0 Å². The Balaban J connectivity index is 1.90. The SMILES string of the molecule is OC(CNN1CCCCC1)c1cc(F)ccc1F. The van der Waals surface area contributed by atoms with E-state index in [-0.39, 0.29) is 12.1 Å². The number of rotatable bonds is 4. The molecule has 1 aromatic rings. The predicted octanol–water partition coefficient (Wildman–Crippen LogP) is 1.99. The summed E-state index contributed by atoms with van der Waals surface area (Å²) in [6, 6.07) is 3.12. The smallest absolute Gasteiger partial charge is 0.129 e. The molecule has 3 nitrogen and oxygen atoms in total. The Labute approximate surface area is 105 Å². The monoisotopic (exact) mass is 256 g/mol. The first-order valence-corrected chi connectivity index (χ1v) is 6.28. The van der Waals surface area contributed by atoms with E-state index in [0.717, 1.165) is 44.1 Å². The Hall–Kier alpha value is -1.04. The molecule has 0 saturated carbocycles. The Kier molecular flexibility index (Phi) is 4.63. The average Bonchev–Trinajstić information content (AvgIpc) is 2.40. The van der Waals surface area contributed by atoms with Gasteiger partial charge in [-0.1, -0.05) is 6.42 Å². The van der Waals surface area contributed by atoms with Crippen LogP contribution >= 0.6 is 0 Å². The van der Waals surface area contributed by atoms with E-state index in [9.17, 15) is 13.9 Å². The highest BCUT2D eigenvalue weighted by Gasteiger charge is 2.16. The van der Waals surface area contributed by atoms with Crippen LogP contribution in [0.2, 0.25) is 0 Å². The highest BCUT2D eigenvalue weighted by Crippen LogP contribution is 2.18. The Bertz CT molecular complexity index is 395. The number of nitrogens with zero attached hydrogens (tertiary/aromatic N) is 1. The minimum Gasteiger partial charge on any atom is -0.387 e. The van der Waals surface area contributed by atoms with Crippen molar-refractivity contribution >= 4 is 0 Å². The van der Waals surface area contributed by atoms with Crippen LogP contribution in [0.3, 0.4) is 0 Å². The van der Waals surface area contributed by atoms with Crippen LogP contribution < -0.4 is 5.43 Å². The quantitative estimate of drug-likeness (QED) is 0.864. The number of aliphatic hydroxyl groups excluding tert-OH is 1. The third kappa shape index (κ3) is 3.48. The number of nitrogens with one attached hydrogen (secondary N) is 1. The fraction of sp³-hybridized carbons (Fsp3) is 0.538. The molecule has 1 atom stereocenters. The molecule has 2 rings (SSSR count). The first-order chi connectivity index (χ1) is 8.66. The summed E-state index contributed by atoms with van der Waals surface area (Å²) in [4.78, 5) is 0. The van der Waals surface area contributed by atoms with E-state index in [4.69, 9.17) is 0 Å². The van der Waals surface area contributed by atoms with Crippen molar-refractivity contribution in [1.29, 1.82) is 0 Å². The molecule has 2 N–H and O–H groups in total. The van der Waals surface area contributed by atoms with E-state index in [2.05, 4.69) is 5.43 Å². The molecule has 5 heteroatoms. The average molecular weight is 256 g/mol. The van der Waals surface area contributed by atoms with Crippen molar-refractivity contribution in [3.05, 3.63) is 35.4 Å². The number of hydrazine groups is 1. The standard InChI is InChI=1S/C13H18F2N2O/c14-10-4-5-12(15)11(8-10)13(18)9-16-17-6-2-1-3-7-17/h4-5,8,13,16,18H,1-3,6-7,9H2. The van der Waals surface area contributed by atoms with E-state index in [1.54, 1.807) is 0 Å². The van der Waals surface area contributed by atoms with Gasteiger partial charge in [-0.2, -0.15) is 0 Å². The Morgan fingerprint density at radius 2 is 1.94 bits per heavy atom. The molecule has 1 aromatic carbocycles. The van der Waals surface area contributed by atoms with Crippen LogP contribution in [-0.2, 0) is 0 Å². The van der Waals surface area contributed by atoms with Gasteiger partial charge in [-0.25, -0.2) is 13.8 Å². The first-order valence-electron chi connectivity index (χ1n) is 6.28. The molecule has 1 unspecified atom stereocenters. The molecule has 1 heterocycles. The molecule has 0 amide bonds. The maximum atomic E-state index is 13.4. The maximum Gasteiger partial charge on any atom is 0.129 e. The Morgan fingerprint density at radius 3 is 2.67 bits per heavy atom. The molecule has 1 aliphatic heterocycles. The lowest BCUT2D eigenvalue weighted by Crippen LogP contribution is -2.43. The number of aliphatic hydroxyl groups is 1. The van der Waals surface area contributed by atoms with Gasteiger partial charge in [-0.15, -0.1) is 0 Å². The molecule has 0 aromatic heterocycles. The normalized spacial score (nSPS) is 18.8. The molecule has 0 spiro atoms. The summed E-state index contributed by atoms with van der Waals surface area (Å²) < 4.78 is 26.4. The molecule has 0 aliphatic carbocycles. The fourth-order valence-corrected chi connectivity index (χ4v) is 2.15. The Morgan fingerprint density at radius 1 is 1.22 bits per heavy atom. The minimum atomic E-state index is -1.04. The van der Waals surface area contributed by atoms with Gasteiger partial charge < -0.3 is 5.11 Å². The van der Waals surface area contributed by atoms with Gasteiger partial charge in [0.2, 0.25) is 0 Å². The number of halogens is 2. The molecule has 1 aliphatic rings. The van der Waals surface area contributed by atoms with Crippen LogP contribution in [0.25, 0.3) is 0 Å². The van der Waals surface area contributed by atoms with E-state index in [1.807, 2.05) is 5.01 Å². The summed E-state index contributed by atoms with van der Waals surface area (Å²) in [5.41, 5.74) is 3.06. The van der Waals surface area contributed by atoms with Crippen LogP contribution in [0, 0.1) is 11.6 Å². The number of benzene rings is 1. The minimum absolute atomic E-state index is 0.000454. The number of piperidine rings is 1. The summed E-state index contributed by atoms with van der Waals surface area (Å²) in [6.07, 6.45) is 2.43. The van der Waals surface area contributed by atoms with E-state index in [1.165, 1.54) is 6.42 Å². The lowest BCUT2D eigenvalue weighted by atomic mass is 10.1. The van der Waals surface area contributed by atoms with Gasteiger partial charge in [0.1, 0.15) is 11.6 Å². The van der Waals surface area contributed by atoms with E-state index < -0.39 is 17.7 Å². The number of hydrogen-bond acceptors (Lipinski definition) is 3. The van der Waals surface area contributed by atoms with Crippen LogP contribution in [0.4, 0.5) is 8.78 Å². The van der Waals surface area contributed by atoms with Crippen molar-refractivity contribution in [2.75, 3.05) is 19.6 Å². The third-order valence-corrected chi connectivity index (χ3v) is 3.18. The summed E-state index contributed by atoms with van der Waals surface area (Å²) in [5.74, 6) is -1.12. The third-order valence-electron chi connectivity index (χ3n) is 3.18. The zero-order valence-electron chi connectivity index (χ0n) is 10.2. The van der Waals surface area contributed by atoms with Crippen molar-refractivity contribution in [3.8, 4) is 0 Å². The van der Waals surface area contributed by atoms with Gasteiger partial charge in [-0.05, 0) is 31.0 Å². The molecule has 0 bridgehead atoms. The molecular weight excluding hydrogens is 238 g/mol. The molecular formula is C13H18F2N2O. The van der Waals surface area contributed by atoms with E-state index in [0.29, 0.717) is 0 Å². The largest absolute Gasteiger partial charge is 0.387 e. The van der Waals surface area contributed by atoms with Crippen LogP contribution in [0.15, 0.2) is 18.2 Å². The molecule has 100 valence electrons. The molecule has 0 radical (unpaired) electrons. The second-order valence-electron chi connectivity index (χ2n) is 4.59. The second-order valence-corrected chi connectivity index (χ2v) is 4.59. The summed E-state index contributed by atoms with van der Waals surface area (Å²) in [6.45, 7) is 2.05. The van der Waals surface area contributed by atoms with Crippen molar-refractivity contribution in [2.24, 2.45) is 0 Å². The van der Waals surface area contributed by atoms with Crippen LogP contribution in [-0.4, -0.2) is 29.7 Å². The lowest BCUT2D eigenvalue weighted by Gasteiger charge is -2.28. The predicted molar refractivity (Wildman–Crippen MR) is 64.7 cm³/mol. The molecule has 18 heavy (non-hydrogen) atoms. The maximum absolute atomic E-state index is 13.4. The zero-order valence-corrected chi connectivity index (χ0v) is 10.2. The van der Waals surface area contributed by atoms with E-state index >= 15 is 0 Å². The van der Waals surface area contributed by atoms with Gasteiger partial charge in [-0.3, -0.25) is 5.43 Å². The van der Waals surface area contributed by atoms with Gasteiger partial charge in [0.05, 0.1) is 6.10 Å². The van der Waals surface area contributed by atoms with Gasteiger partial charge in [0, 0.05) is 25.2 Å². The first kappa shape index (κ1) is 13.4. The fourth-order valence-electron chi connectivity index (χ4n) is 2.15. The molecule has 1 fully saturated rings. The highest BCUT2D eigenvalue weighted by molar-refractivity contribution is 5.21. The van der Waals surface area contributed by atoms with Crippen molar-refractivity contribution in [1.82, 2.24) is 10.4 Å². The van der Waals surface area contributed by atoms with Crippen LogP contribution in [0.5, 0.6) is 0 Å². The van der Waals surface area contributed by atoms with Gasteiger partial charge in [0.15, 0.2) is 0 Å². The highest BCUT2D eigenvalue weighted by atomic mass is 19.1. The summed E-state index contributed by atoms with van der Waals surface area (Å²) in [7, 11) is 0. The molecule has 1 saturated heterocycles. The second kappa shape index (κ2) is 6.22. The summed E-state index contributed by atoms with van der Waals surface area (Å²) >= 11 is 0. The topological polar surface area (TPSA) is 35.5 Å². The lowest BCUT2D eigenvalue weighted by molar-refractivity contribution is 0.0976. The summed E-state index contributed by atoms with van der Waals surface area (Å²) in [5, 5.41) is 11.9. The van der Waals surface area contributed by atoms with Crippen molar-refractivity contribution in [2.45, 2.75) is 25.4 Å². The zero-order chi connectivity index (χ0) is 13.0. The van der Waals surface area contributed by atoms with Gasteiger partial charge in [0.25, 0.3) is 0 Å². The van der Waals surface area contributed by atoms with Crippen molar-refractivity contribution in [3.63, 3.8) is 0 Å². The van der Waals surface area contributed by atoms with Crippen molar-refractivity contribution < 1.29 is 13.9 Å². The van der Waals surface area contributed by atoms with Crippen LogP contribution in [0.1, 0.15) is 30.9 Å². The number of hydrogen-bond donors (Lipinski definition) is 2.